The molecule has 0 aliphatic carbocycles. The van der Waals surface area contributed by atoms with Crippen LogP contribution < -0.4 is 5.32 Å². The number of benzene rings is 1. The van der Waals surface area contributed by atoms with Crippen LogP contribution in [0.3, 0.4) is 0 Å². The fraction of sp³-hybridized carbons (Fsp3) is 0.312. The molecule has 0 radical (unpaired) electrons. The van der Waals surface area contributed by atoms with Crippen molar-refractivity contribution in [2.24, 2.45) is 0 Å². The third-order valence-corrected chi connectivity index (χ3v) is 3.06. The van der Waals surface area contributed by atoms with Crippen molar-refractivity contribution >= 4 is 5.91 Å². The lowest BCUT2D eigenvalue weighted by atomic mass is 10.0. The fourth-order valence-electron chi connectivity index (χ4n) is 1.87. The van der Waals surface area contributed by atoms with Gasteiger partial charge < -0.3 is 9.73 Å². The van der Waals surface area contributed by atoms with Crippen molar-refractivity contribution in [3.8, 4) is 0 Å². The Morgan fingerprint density at radius 3 is 2.37 bits per heavy atom. The van der Waals surface area contributed by atoms with Gasteiger partial charge in [-0.1, -0.05) is 26.0 Å². The van der Waals surface area contributed by atoms with Crippen molar-refractivity contribution in [1.29, 1.82) is 0 Å². The summed E-state index contributed by atoms with van der Waals surface area (Å²) in [6.45, 7) is 6.57. The van der Waals surface area contributed by atoms with Crippen molar-refractivity contribution in [2.45, 2.75) is 33.2 Å². The zero-order valence-corrected chi connectivity index (χ0v) is 11.6. The molecule has 1 amide bonds. The number of aryl methyl sites for hydroxylation is 1. The Balaban J connectivity index is 1.96. The quantitative estimate of drug-likeness (QED) is 0.908. The Morgan fingerprint density at radius 1 is 1.16 bits per heavy atom. The Morgan fingerprint density at radius 2 is 1.84 bits per heavy atom. The molecule has 100 valence electrons. The van der Waals surface area contributed by atoms with Crippen LogP contribution in [-0.4, -0.2) is 5.91 Å². The molecule has 3 nitrogen and oxygen atoms in total. The molecule has 0 atom stereocenters. The summed E-state index contributed by atoms with van der Waals surface area (Å²) in [5, 5.41) is 2.84. The van der Waals surface area contributed by atoms with Crippen molar-refractivity contribution in [2.75, 3.05) is 0 Å². The summed E-state index contributed by atoms with van der Waals surface area (Å²) in [5.41, 5.74) is 1.91. The average Bonchev–Trinajstić information content (AvgIpc) is 2.82. The summed E-state index contributed by atoms with van der Waals surface area (Å²) in [4.78, 5) is 12.0. The van der Waals surface area contributed by atoms with Crippen LogP contribution in [0, 0.1) is 6.92 Å². The molecule has 0 aliphatic heterocycles. The number of rotatable bonds is 4. The van der Waals surface area contributed by atoms with E-state index in [0.717, 1.165) is 11.5 Å². The van der Waals surface area contributed by atoms with Gasteiger partial charge in [-0.2, -0.15) is 0 Å². The van der Waals surface area contributed by atoms with Gasteiger partial charge in [0.15, 0.2) is 0 Å². The third-order valence-electron chi connectivity index (χ3n) is 3.06. The maximum absolute atomic E-state index is 12.0. The first-order valence-corrected chi connectivity index (χ1v) is 6.49. The molecule has 1 N–H and O–H groups in total. The summed E-state index contributed by atoms with van der Waals surface area (Å²) < 4.78 is 5.41. The molecule has 1 heterocycles. The number of hydrogen-bond acceptors (Lipinski definition) is 2. The molecule has 1 aromatic carbocycles. The van der Waals surface area contributed by atoms with E-state index in [1.54, 1.807) is 0 Å². The second-order valence-electron chi connectivity index (χ2n) is 4.97. The van der Waals surface area contributed by atoms with E-state index in [1.165, 1.54) is 5.56 Å². The van der Waals surface area contributed by atoms with Crippen LogP contribution in [0.4, 0.5) is 0 Å². The van der Waals surface area contributed by atoms with Gasteiger partial charge in [-0.25, -0.2) is 0 Å². The number of carbonyl (C=O) groups excluding carboxylic acids is 1. The summed E-state index contributed by atoms with van der Waals surface area (Å²) in [7, 11) is 0. The van der Waals surface area contributed by atoms with E-state index in [9.17, 15) is 4.79 Å². The van der Waals surface area contributed by atoms with E-state index in [-0.39, 0.29) is 5.91 Å². The minimum atomic E-state index is -0.0793. The lowest BCUT2D eigenvalue weighted by molar-refractivity contribution is 0.0948. The highest BCUT2D eigenvalue weighted by atomic mass is 16.3. The number of amides is 1. The highest BCUT2D eigenvalue weighted by Crippen LogP contribution is 2.14. The first-order valence-electron chi connectivity index (χ1n) is 6.49. The molecule has 0 saturated heterocycles. The molecule has 19 heavy (non-hydrogen) atoms. The number of nitrogens with one attached hydrogen (secondary N) is 1. The van der Waals surface area contributed by atoms with Crippen molar-refractivity contribution in [1.82, 2.24) is 5.32 Å². The molecule has 0 saturated carbocycles. The topological polar surface area (TPSA) is 42.2 Å². The molecule has 1 aromatic heterocycles. The monoisotopic (exact) mass is 257 g/mol. The first-order chi connectivity index (χ1) is 9.06. The van der Waals surface area contributed by atoms with Crippen molar-refractivity contribution in [3.05, 3.63) is 59.0 Å². The molecule has 0 unspecified atom stereocenters. The minimum absolute atomic E-state index is 0.0793. The van der Waals surface area contributed by atoms with Gasteiger partial charge in [0.25, 0.3) is 5.91 Å². The van der Waals surface area contributed by atoms with E-state index in [1.807, 2.05) is 43.3 Å². The molecule has 0 fully saturated rings. The smallest absolute Gasteiger partial charge is 0.251 e. The molecular weight excluding hydrogens is 238 g/mol. The van der Waals surface area contributed by atoms with Gasteiger partial charge >= 0.3 is 0 Å². The van der Waals surface area contributed by atoms with Crippen LogP contribution >= 0.6 is 0 Å². The van der Waals surface area contributed by atoms with Crippen LogP contribution in [0.2, 0.25) is 0 Å². The highest BCUT2D eigenvalue weighted by molar-refractivity contribution is 5.94. The molecule has 2 aromatic rings. The number of carbonyl (C=O) groups is 1. The highest BCUT2D eigenvalue weighted by Gasteiger charge is 2.07. The molecule has 0 aliphatic rings. The Hall–Kier alpha value is -2.03. The second-order valence-corrected chi connectivity index (χ2v) is 4.97. The fourth-order valence-corrected chi connectivity index (χ4v) is 1.87. The lowest BCUT2D eigenvalue weighted by Gasteiger charge is -2.07. The first kappa shape index (κ1) is 13.4. The van der Waals surface area contributed by atoms with Crippen LogP contribution in [0.5, 0.6) is 0 Å². The van der Waals surface area contributed by atoms with Gasteiger partial charge in [0.1, 0.15) is 11.5 Å². The SMILES string of the molecule is Cc1ccc(CNC(=O)c2ccc(C(C)C)cc2)o1. The summed E-state index contributed by atoms with van der Waals surface area (Å²) in [6.07, 6.45) is 0. The molecule has 2 rings (SSSR count). The van der Waals surface area contributed by atoms with Crippen molar-refractivity contribution in [3.63, 3.8) is 0 Å². The van der Waals surface area contributed by atoms with Gasteiger partial charge in [-0.05, 0) is 42.7 Å². The van der Waals surface area contributed by atoms with Gasteiger partial charge in [0, 0.05) is 5.56 Å². The van der Waals surface area contributed by atoms with Gasteiger partial charge in [0.2, 0.25) is 0 Å². The largest absolute Gasteiger partial charge is 0.465 e. The van der Waals surface area contributed by atoms with E-state index in [4.69, 9.17) is 4.42 Å². The van der Waals surface area contributed by atoms with Crippen LogP contribution in [0.25, 0.3) is 0 Å². The summed E-state index contributed by atoms with van der Waals surface area (Å²) in [6, 6.07) is 11.5. The Bertz CT molecular complexity index is 552. The third kappa shape index (κ3) is 3.47. The number of hydrogen-bond donors (Lipinski definition) is 1. The van der Waals surface area contributed by atoms with Gasteiger partial charge in [0.05, 0.1) is 6.54 Å². The zero-order valence-electron chi connectivity index (χ0n) is 11.6. The summed E-state index contributed by atoms with van der Waals surface area (Å²) >= 11 is 0. The van der Waals surface area contributed by atoms with Gasteiger partial charge in [-0.15, -0.1) is 0 Å². The van der Waals surface area contributed by atoms with Crippen molar-refractivity contribution < 1.29 is 9.21 Å². The average molecular weight is 257 g/mol. The maximum atomic E-state index is 12.0. The minimum Gasteiger partial charge on any atom is -0.465 e. The van der Waals surface area contributed by atoms with E-state index in [0.29, 0.717) is 18.0 Å². The molecule has 0 spiro atoms. The standard InChI is InChI=1S/C16H19NO2/c1-11(2)13-5-7-14(8-6-13)16(18)17-10-15-9-4-12(3)19-15/h4-9,11H,10H2,1-3H3,(H,17,18). The Labute approximate surface area is 113 Å². The number of furan rings is 1. The lowest BCUT2D eigenvalue weighted by Crippen LogP contribution is -2.22. The van der Waals surface area contributed by atoms with E-state index < -0.39 is 0 Å². The molecule has 3 heteroatoms. The van der Waals surface area contributed by atoms with Crippen LogP contribution in [0.1, 0.15) is 47.2 Å². The normalized spacial score (nSPS) is 10.7. The predicted molar refractivity (Wildman–Crippen MR) is 75.1 cm³/mol. The summed E-state index contributed by atoms with van der Waals surface area (Å²) in [5.74, 6) is 2.02. The second kappa shape index (κ2) is 5.74. The molecule has 0 bridgehead atoms. The zero-order chi connectivity index (χ0) is 13.8. The van der Waals surface area contributed by atoms with E-state index in [2.05, 4.69) is 19.2 Å². The van der Waals surface area contributed by atoms with Crippen LogP contribution in [-0.2, 0) is 6.54 Å². The van der Waals surface area contributed by atoms with E-state index >= 15 is 0 Å². The Kier molecular flexibility index (Phi) is 4.05. The van der Waals surface area contributed by atoms with Crippen LogP contribution in [0.15, 0.2) is 40.8 Å². The maximum Gasteiger partial charge on any atom is 0.251 e. The predicted octanol–water partition coefficient (Wildman–Crippen LogP) is 3.64. The van der Waals surface area contributed by atoms with Gasteiger partial charge in [-0.3, -0.25) is 4.79 Å². The molecular formula is C16H19NO2.